The third kappa shape index (κ3) is 5.77. The second-order valence-electron chi connectivity index (χ2n) is 7.03. The van der Waals surface area contributed by atoms with Gasteiger partial charge in [-0.3, -0.25) is 9.59 Å². The number of benzene rings is 2. The van der Waals surface area contributed by atoms with E-state index in [0.717, 1.165) is 16.8 Å². The van der Waals surface area contributed by atoms with Gasteiger partial charge in [-0.15, -0.1) is 5.10 Å². The van der Waals surface area contributed by atoms with Crippen molar-refractivity contribution in [2.45, 2.75) is 26.6 Å². The van der Waals surface area contributed by atoms with Crippen LogP contribution >= 0.6 is 0 Å². The average molecular weight is 475 g/mol. The molecule has 0 aliphatic carbocycles. The number of nitrogens with zero attached hydrogens (tertiary/aromatic N) is 3. The number of amides is 2. The predicted octanol–water partition coefficient (Wildman–Crippen LogP) is 3.67. The number of carbonyl (C=O) groups excluding carboxylic acids is 3. The maximum absolute atomic E-state index is 12.9. The fourth-order valence-corrected chi connectivity index (χ4v) is 2.99. The zero-order chi connectivity index (χ0) is 24.9. The number of hydrogen-bond acceptors (Lipinski definition) is 6. The van der Waals surface area contributed by atoms with Crippen molar-refractivity contribution in [2.24, 2.45) is 0 Å². The van der Waals surface area contributed by atoms with Gasteiger partial charge in [0.05, 0.1) is 29.1 Å². The van der Waals surface area contributed by atoms with Crippen molar-refractivity contribution in [3.63, 3.8) is 0 Å². The number of esters is 1. The lowest BCUT2D eigenvalue weighted by atomic mass is 10.2. The second-order valence-corrected chi connectivity index (χ2v) is 7.03. The lowest BCUT2D eigenvalue weighted by molar-refractivity contribution is -0.137. The van der Waals surface area contributed by atoms with Crippen LogP contribution in [0.1, 0.15) is 39.0 Å². The molecular weight excluding hydrogens is 455 g/mol. The number of ether oxygens (including phenoxy) is 1. The molecule has 0 fully saturated rings. The molecule has 2 N–H and O–H groups in total. The molecule has 178 valence electrons. The van der Waals surface area contributed by atoms with Crippen LogP contribution in [0.4, 0.5) is 24.5 Å². The summed E-state index contributed by atoms with van der Waals surface area (Å²) in [6.45, 7) is 2.99. The van der Waals surface area contributed by atoms with E-state index in [1.165, 1.54) is 31.2 Å². The van der Waals surface area contributed by atoms with Crippen LogP contribution in [0.5, 0.6) is 0 Å². The van der Waals surface area contributed by atoms with Gasteiger partial charge in [-0.2, -0.15) is 13.2 Å². The third-order valence-electron chi connectivity index (χ3n) is 4.64. The Morgan fingerprint density at radius 2 is 1.79 bits per heavy atom. The number of anilines is 2. The quantitative estimate of drug-likeness (QED) is 0.504. The number of carbonyl (C=O) groups is 3. The Labute approximate surface area is 191 Å². The van der Waals surface area contributed by atoms with Crippen molar-refractivity contribution in [1.82, 2.24) is 15.0 Å². The Morgan fingerprint density at radius 1 is 1.06 bits per heavy atom. The van der Waals surface area contributed by atoms with E-state index in [9.17, 15) is 27.6 Å². The number of halogens is 3. The Balaban J connectivity index is 1.70. The van der Waals surface area contributed by atoms with Gasteiger partial charge in [0.2, 0.25) is 5.91 Å². The van der Waals surface area contributed by atoms with E-state index in [0.29, 0.717) is 0 Å². The highest BCUT2D eigenvalue weighted by molar-refractivity contribution is 6.04. The SMILES string of the molecule is CCOC(=O)c1ccccc1NC(=O)Cn1nnc(C(=O)Nc2cccc(C(F)(F)F)c2)c1C. The minimum atomic E-state index is -4.56. The molecule has 0 unspecified atom stereocenters. The standard InChI is InChI=1S/C22H20F3N5O4/c1-3-34-21(33)16-9-4-5-10-17(16)27-18(31)12-30-13(2)19(28-29-30)20(32)26-15-8-6-7-14(11-15)22(23,24)25/h4-11H,3,12H2,1-2H3,(H,26,32)(H,27,31). The minimum absolute atomic E-state index is 0.0675. The lowest BCUT2D eigenvalue weighted by Crippen LogP contribution is -2.22. The van der Waals surface area contributed by atoms with Crippen molar-refractivity contribution < 1.29 is 32.3 Å². The summed E-state index contributed by atoms with van der Waals surface area (Å²) in [7, 11) is 0. The molecule has 0 radical (unpaired) electrons. The number of hydrogen-bond donors (Lipinski definition) is 2. The van der Waals surface area contributed by atoms with E-state index >= 15 is 0 Å². The van der Waals surface area contributed by atoms with Crippen LogP contribution in [0, 0.1) is 6.92 Å². The summed E-state index contributed by atoms with van der Waals surface area (Å²) in [4.78, 5) is 37.1. The molecule has 0 aliphatic heterocycles. The van der Waals surface area contributed by atoms with Gasteiger partial charge in [0.25, 0.3) is 5.91 Å². The first-order valence-electron chi connectivity index (χ1n) is 10.0. The molecule has 0 aliphatic rings. The number of para-hydroxylation sites is 1. The van der Waals surface area contributed by atoms with E-state index in [1.807, 2.05) is 0 Å². The number of alkyl halides is 3. The Kier molecular flexibility index (Phi) is 7.29. The number of nitrogens with one attached hydrogen (secondary N) is 2. The molecule has 9 nitrogen and oxygen atoms in total. The Bertz CT molecular complexity index is 1220. The van der Waals surface area contributed by atoms with Crippen molar-refractivity contribution in [3.05, 3.63) is 71.0 Å². The van der Waals surface area contributed by atoms with Crippen LogP contribution < -0.4 is 10.6 Å². The van der Waals surface area contributed by atoms with Crippen LogP contribution in [-0.4, -0.2) is 39.4 Å². The first-order valence-corrected chi connectivity index (χ1v) is 10.0. The van der Waals surface area contributed by atoms with E-state index in [-0.39, 0.29) is 41.5 Å². The van der Waals surface area contributed by atoms with Gasteiger partial charge in [0.1, 0.15) is 6.54 Å². The first kappa shape index (κ1) is 24.4. The van der Waals surface area contributed by atoms with Gasteiger partial charge >= 0.3 is 12.1 Å². The Hall–Kier alpha value is -4.22. The molecule has 1 aromatic heterocycles. The van der Waals surface area contributed by atoms with Gasteiger partial charge < -0.3 is 15.4 Å². The molecule has 0 saturated carbocycles. The van der Waals surface area contributed by atoms with E-state index < -0.39 is 29.5 Å². The normalized spacial score (nSPS) is 11.1. The first-order chi connectivity index (χ1) is 16.1. The maximum atomic E-state index is 12.9. The maximum Gasteiger partial charge on any atom is 0.416 e. The summed E-state index contributed by atoms with van der Waals surface area (Å²) < 4.78 is 44.8. The summed E-state index contributed by atoms with van der Waals surface area (Å²) in [5.41, 5.74) is -0.497. The summed E-state index contributed by atoms with van der Waals surface area (Å²) >= 11 is 0. The van der Waals surface area contributed by atoms with Crippen LogP contribution in [0.25, 0.3) is 0 Å². The number of aromatic nitrogens is 3. The lowest BCUT2D eigenvalue weighted by Gasteiger charge is -2.11. The molecule has 12 heteroatoms. The topological polar surface area (TPSA) is 115 Å². The molecular formula is C22H20F3N5O4. The largest absolute Gasteiger partial charge is 0.462 e. The third-order valence-corrected chi connectivity index (χ3v) is 4.64. The fraction of sp³-hybridized carbons (Fsp3) is 0.227. The molecule has 2 aromatic carbocycles. The molecule has 0 bridgehead atoms. The molecule has 0 spiro atoms. The zero-order valence-electron chi connectivity index (χ0n) is 18.1. The highest BCUT2D eigenvalue weighted by atomic mass is 19.4. The van der Waals surface area contributed by atoms with Crippen molar-refractivity contribution in [2.75, 3.05) is 17.2 Å². The average Bonchev–Trinajstić information content (AvgIpc) is 3.14. The van der Waals surface area contributed by atoms with Crippen molar-refractivity contribution in [3.8, 4) is 0 Å². The van der Waals surface area contributed by atoms with E-state index in [4.69, 9.17) is 4.74 Å². The van der Waals surface area contributed by atoms with Gasteiger partial charge in [0.15, 0.2) is 5.69 Å². The fourth-order valence-electron chi connectivity index (χ4n) is 2.99. The van der Waals surface area contributed by atoms with Crippen LogP contribution in [0.15, 0.2) is 48.5 Å². The van der Waals surface area contributed by atoms with Gasteiger partial charge in [-0.05, 0) is 44.2 Å². The summed E-state index contributed by atoms with van der Waals surface area (Å²) in [6, 6.07) is 10.5. The monoisotopic (exact) mass is 475 g/mol. The Morgan fingerprint density at radius 3 is 2.50 bits per heavy atom. The summed E-state index contributed by atoms with van der Waals surface area (Å²) in [5.74, 6) is -1.92. The molecule has 2 amide bonds. The van der Waals surface area contributed by atoms with Gasteiger partial charge in [-0.1, -0.05) is 23.4 Å². The van der Waals surface area contributed by atoms with Crippen LogP contribution in [0.2, 0.25) is 0 Å². The molecule has 34 heavy (non-hydrogen) atoms. The van der Waals surface area contributed by atoms with Crippen LogP contribution in [-0.2, 0) is 22.3 Å². The van der Waals surface area contributed by atoms with Gasteiger partial charge in [-0.25, -0.2) is 9.48 Å². The predicted molar refractivity (Wildman–Crippen MR) is 115 cm³/mol. The molecule has 3 aromatic rings. The minimum Gasteiger partial charge on any atom is -0.462 e. The van der Waals surface area contributed by atoms with Crippen molar-refractivity contribution in [1.29, 1.82) is 0 Å². The summed E-state index contributed by atoms with van der Waals surface area (Å²) in [6.07, 6.45) is -4.56. The van der Waals surface area contributed by atoms with Gasteiger partial charge in [0, 0.05) is 5.69 Å². The smallest absolute Gasteiger partial charge is 0.416 e. The molecule has 1 heterocycles. The molecule has 0 saturated heterocycles. The zero-order valence-corrected chi connectivity index (χ0v) is 18.1. The van der Waals surface area contributed by atoms with Crippen LogP contribution in [0.3, 0.4) is 0 Å². The van der Waals surface area contributed by atoms with Crippen molar-refractivity contribution >= 4 is 29.2 Å². The molecule has 0 atom stereocenters. The highest BCUT2D eigenvalue weighted by Gasteiger charge is 2.30. The number of rotatable bonds is 7. The van der Waals surface area contributed by atoms with E-state index in [1.54, 1.807) is 19.1 Å². The summed E-state index contributed by atoms with van der Waals surface area (Å²) in [5, 5.41) is 12.4. The van der Waals surface area contributed by atoms with E-state index in [2.05, 4.69) is 20.9 Å². The second kappa shape index (κ2) is 10.1. The highest BCUT2D eigenvalue weighted by Crippen LogP contribution is 2.30. The molecule has 3 rings (SSSR count).